The first kappa shape index (κ1) is 14.3. The van der Waals surface area contributed by atoms with Gasteiger partial charge in [-0.2, -0.15) is 5.26 Å². The van der Waals surface area contributed by atoms with Crippen molar-refractivity contribution in [3.8, 4) is 6.07 Å². The van der Waals surface area contributed by atoms with E-state index in [9.17, 15) is 14.0 Å². The molecule has 1 fully saturated rings. The van der Waals surface area contributed by atoms with Crippen LogP contribution in [0.15, 0.2) is 0 Å². The number of hydrogen-bond acceptors (Lipinski definition) is 3. The average molecular weight is 245 g/mol. The number of nitriles is 1. The molecular weight excluding hydrogens is 224 g/mol. The van der Waals surface area contributed by atoms with Crippen molar-refractivity contribution >= 4 is 0 Å². The van der Waals surface area contributed by atoms with Crippen LogP contribution in [0.3, 0.4) is 0 Å². The molecule has 98 valence electrons. The van der Waals surface area contributed by atoms with Crippen LogP contribution in [0.2, 0.25) is 0 Å². The number of hydrogen-bond donors (Lipinski definition) is 1. The fourth-order valence-electron chi connectivity index (χ4n) is 2.58. The average Bonchev–Trinajstić information content (AvgIpc) is 2.61. The maximum atomic E-state index is 12.3. The van der Waals surface area contributed by atoms with Gasteiger partial charge in [-0.05, 0) is 40.2 Å². The quantitative estimate of drug-likeness (QED) is 0.805. The highest BCUT2D eigenvalue weighted by Gasteiger charge is 2.41. The van der Waals surface area contributed by atoms with Gasteiger partial charge < -0.3 is 0 Å². The van der Waals surface area contributed by atoms with E-state index in [4.69, 9.17) is 0 Å². The molecule has 1 rings (SSSR count). The van der Waals surface area contributed by atoms with Crippen LogP contribution in [0.1, 0.15) is 33.1 Å². The van der Waals surface area contributed by atoms with Crippen LogP contribution in [0, 0.1) is 11.3 Å². The van der Waals surface area contributed by atoms with Crippen molar-refractivity contribution in [1.29, 1.82) is 5.26 Å². The third-order valence-electron chi connectivity index (χ3n) is 3.32. The second kappa shape index (κ2) is 5.74. The highest BCUT2D eigenvalue weighted by molar-refractivity contribution is 5.13. The summed E-state index contributed by atoms with van der Waals surface area (Å²) in [5.74, 6) is 0. The molecule has 0 saturated heterocycles. The first-order valence-electron chi connectivity index (χ1n) is 6.06. The molecule has 1 saturated carbocycles. The minimum atomic E-state index is -2.31. The van der Waals surface area contributed by atoms with Crippen LogP contribution in [0.4, 0.5) is 8.78 Å². The molecular formula is C12H21F2N3. The fraction of sp³-hybridized carbons (Fsp3) is 0.917. The SMILES string of the molecule is CC(C)NC1(C#N)CCC(N(C)CC(F)F)C1. The van der Waals surface area contributed by atoms with Crippen molar-refractivity contribution in [1.82, 2.24) is 10.2 Å². The number of nitrogens with zero attached hydrogens (tertiary/aromatic N) is 2. The Balaban J connectivity index is 2.58. The topological polar surface area (TPSA) is 39.1 Å². The second-order valence-electron chi connectivity index (χ2n) is 5.22. The molecule has 1 N–H and O–H groups in total. The van der Waals surface area contributed by atoms with Crippen molar-refractivity contribution < 1.29 is 8.78 Å². The normalized spacial score (nSPS) is 29.2. The second-order valence-corrected chi connectivity index (χ2v) is 5.22. The highest BCUT2D eigenvalue weighted by Crippen LogP contribution is 2.32. The monoisotopic (exact) mass is 245 g/mol. The lowest BCUT2D eigenvalue weighted by molar-refractivity contribution is 0.0805. The minimum absolute atomic E-state index is 0.0786. The summed E-state index contributed by atoms with van der Waals surface area (Å²) in [6.45, 7) is 3.78. The Morgan fingerprint density at radius 1 is 1.53 bits per heavy atom. The molecule has 0 aliphatic heterocycles. The Morgan fingerprint density at radius 2 is 2.18 bits per heavy atom. The Hall–Kier alpha value is -0.730. The van der Waals surface area contributed by atoms with Gasteiger partial charge in [0.05, 0.1) is 12.6 Å². The molecule has 0 aromatic rings. The van der Waals surface area contributed by atoms with Crippen molar-refractivity contribution in [3.05, 3.63) is 0 Å². The molecule has 0 radical (unpaired) electrons. The molecule has 0 aromatic heterocycles. The zero-order valence-electron chi connectivity index (χ0n) is 10.7. The molecule has 5 heteroatoms. The van der Waals surface area contributed by atoms with Crippen LogP contribution in [0.5, 0.6) is 0 Å². The Labute approximate surface area is 102 Å². The van der Waals surface area contributed by atoms with Crippen molar-refractivity contribution in [2.75, 3.05) is 13.6 Å². The van der Waals surface area contributed by atoms with E-state index in [2.05, 4.69) is 11.4 Å². The summed E-state index contributed by atoms with van der Waals surface area (Å²) in [5.41, 5.74) is -0.533. The molecule has 17 heavy (non-hydrogen) atoms. The predicted octanol–water partition coefficient (Wildman–Crippen LogP) is 2.00. The van der Waals surface area contributed by atoms with Gasteiger partial charge in [0.1, 0.15) is 5.54 Å². The lowest BCUT2D eigenvalue weighted by Gasteiger charge is -2.28. The number of nitrogens with one attached hydrogen (secondary N) is 1. The molecule has 0 bridgehead atoms. The van der Waals surface area contributed by atoms with Gasteiger partial charge in [-0.1, -0.05) is 0 Å². The minimum Gasteiger partial charge on any atom is -0.298 e. The fourth-order valence-corrected chi connectivity index (χ4v) is 2.58. The molecule has 2 atom stereocenters. The predicted molar refractivity (Wildman–Crippen MR) is 62.9 cm³/mol. The van der Waals surface area contributed by atoms with E-state index < -0.39 is 12.0 Å². The highest BCUT2D eigenvalue weighted by atomic mass is 19.3. The molecule has 1 aliphatic carbocycles. The van der Waals surface area contributed by atoms with Gasteiger partial charge in [0.15, 0.2) is 0 Å². The molecule has 0 heterocycles. The van der Waals surface area contributed by atoms with Gasteiger partial charge in [0, 0.05) is 12.1 Å². The Morgan fingerprint density at radius 3 is 2.65 bits per heavy atom. The van der Waals surface area contributed by atoms with E-state index in [-0.39, 0.29) is 18.6 Å². The van der Waals surface area contributed by atoms with Gasteiger partial charge in [-0.3, -0.25) is 10.2 Å². The standard InChI is InChI=1S/C12H21F2N3/c1-9(2)16-12(8-15)5-4-10(6-12)17(3)7-11(13)14/h9-11,16H,4-7H2,1-3H3. The number of alkyl halides is 2. The van der Waals surface area contributed by atoms with Crippen LogP contribution < -0.4 is 5.32 Å². The summed E-state index contributed by atoms with van der Waals surface area (Å²) in [6, 6.07) is 2.63. The third kappa shape index (κ3) is 3.90. The van der Waals surface area contributed by atoms with Gasteiger partial charge >= 0.3 is 0 Å². The van der Waals surface area contributed by atoms with E-state index in [1.54, 1.807) is 11.9 Å². The summed E-state index contributed by atoms with van der Waals surface area (Å²) in [7, 11) is 1.71. The first-order chi connectivity index (χ1) is 7.88. The van der Waals surface area contributed by atoms with Gasteiger partial charge in [0.25, 0.3) is 6.43 Å². The summed E-state index contributed by atoms with van der Waals surface area (Å²) in [5, 5.41) is 12.5. The molecule has 3 nitrogen and oxygen atoms in total. The smallest absolute Gasteiger partial charge is 0.251 e. The maximum Gasteiger partial charge on any atom is 0.251 e. The van der Waals surface area contributed by atoms with Gasteiger partial charge in [0.2, 0.25) is 0 Å². The third-order valence-corrected chi connectivity index (χ3v) is 3.32. The molecule has 2 unspecified atom stereocenters. The zero-order valence-corrected chi connectivity index (χ0v) is 10.7. The van der Waals surface area contributed by atoms with E-state index in [1.165, 1.54) is 0 Å². The molecule has 0 spiro atoms. The number of rotatable bonds is 5. The van der Waals surface area contributed by atoms with Crippen LogP contribution in [-0.2, 0) is 0 Å². The van der Waals surface area contributed by atoms with Gasteiger partial charge in [-0.25, -0.2) is 8.78 Å². The largest absolute Gasteiger partial charge is 0.298 e. The Kier molecular flexibility index (Phi) is 4.84. The van der Waals surface area contributed by atoms with Crippen LogP contribution in [-0.4, -0.2) is 42.5 Å². The van der Waals surface area contributed by atoms with E-state index >= 15 is 0 Å². The zero-order chi connectivity index (χ0) is 13.1. The first-order valence-corrected chi connectivity index (χ1v) is 6.06. The molecule has 1 aliphatic rings. The van der Waals surface area contributed by atoms with Crippen molar-refractivity contribution in [2.24, 2.45) is 0 Å². The van der Waals surface area contributed by atoms with Crippen LogP contribution in [0.25, 0.3) is 0 Å². The summed E-state index contributed by atoms with van der Waals surface area (Å²) >= 11 is 0. The summed E-state index contributed by atoms with van der Waals surface area (Å²) < 4.78 is 24.6. The summed E-state index contributed by atoms with van der Waals surface area (Å²) in [6.07, 6.45) is -0.142. The maximum absolute atomic E-state index is 12.3. The van der Waals surface area contributed by atoms with Crippen molar-refractivity contribution in [3.63, 3.8) is 0 Å². The lowest BCUT2D eigenvalue weighted by Crippen LogP contribution is -2.47. The van der Waals surface area contributed by atoms with E-state index in [0.29, 0.717) is 6.42 Å². The molecule has 0 amide bonds. The van der Waals surface area contributed by atoms with E-state index in [0.717, 1.165) is 12.8 Å². The van der Waals surface area contributed by atoms with Crippen LogP contribution >= 0.6 is 0 Å². The lowest BCUT2D eigenvalue weighted by atomic mass is 9.98. The van der Waals surface area contributed by atoms with Crippen molar-refractivity contribution in [2.45, 2.75) is 57.2 Å². The Bertz CT molecular complexity index is 288. The van der Waals surface area contributed by atoms with Gasteiger partial charge in [-0.15, -0.1) is 0 Å². The molecule has 0 aromatic carbocycles. The van der Waals surface area contributed by atoms with E-state index in [1.807, 2.05) is 13.8 Å². The number of halogens is 2. The summed E-state index contributed by atoms with van der Waals surface area (Å²) in [4.78, 5) is 1.67.